The maximum Gasteiger partial charge on any atom is 0.332 e. The van der Waals surface area contributed by atoms with Crippen LogP contribution in [0.4, 0.5) is 0 Å². The van der Waals surface area contributed by atoms with Gasteiger partial charge >= 0.3 is 5.69 Å². The van der Waals surface area contributed by atoms with Gasteiger partial charge in [-0.25, -0.2) is 9.78 Å². The number of aryl methyl sites for hydroxylation is 1. The Bertz CT molecular complexity index is 928. The van der Waals surface area contributed by atoms with Crippen LogP contribution in [0.1, 0.15) is 37.7 Å². The fraction of sp³-hybridized carbons (Fsp3) is 0.529. The number of nitrogens with zero attached hydrogens (tertiary/aromatic N) is 3. The predicted octanol–water partition coefficient (Wildman–Crippen LogP) is 0.126. The van der Waals surface area contributed by atoms with E-state index in [1.165, 1.54) is 30.8 Å². The SMILES string of the molecule is CC(C)CC(C)(CN)NC(=O)c1ccc2c(=O)n(C)c(=O)n(C)c2n1. The van der Waals surface area contributed by atoms with Gasteiger partial charge in [-0.05, 0) is 31.4 Å². The largest absolute Gasteiger partial charge is 0.344 e. The number of fused-ring (bicyclic) bond motifs is 1. The highest BCUT2D eigenvalue weighted by atomic mass is 16.2. The standard InChI is InChI=1S/C17H25N5O3/c1-10(2)8-17(3,9-18)20-14(23)12-7-6-11-13(19-12)21(4)16(25)22(5)15(11)24/h6-7,10H,8-9,18H2,1-5H3,(H,20,23). The Morgan fingerprint density at radius 3 is 2.48 bits per heavy atom. The molecule has 0 bridgehead atoms. The highest BCUT2D eigenvalue weighted by molar-refractivity contribution is 5.94. The second-order valence-electron chi connectivity index (χ2n) is 7.09. The molecule has 0 spiro atoms. The Morgan fingerprint density at radius 1 is 1.28 bits per heavy atom. The van der Waals surface area contributed by atoms with E-state index in [-0.39, 0.29) is 22.6 Å². The van der Waals surface area contributed by atoms with E-state index in [1.54, 1.807) is 0 Å². The van der Waals surface area contributed by atoms with Gasteiger partial charge in [0.15, 0.2) is 0 Å². The van der Waals surface area contributed by atoms with E-state index < -0.39 is 16.8 Å². The van der Waals surface area contributed by atoms with Crippen LogP contribution in [0.3, 0.4) is 0 Å². The Balaban J connectivity index is 2.47. The van der Waals surface area contributed by atoms with Crippen LogP contribution in [0, 0.1) is 5.92 Å². The van der Waals surface area contributed by atoms with Gasteiger partial charge in [0.25, 0.3) is 11.5 Å². The van der Waals surface area contributed by atoms with E-state index in [0.29, 0.717) is 12.5 Å². The summed E-state index contributed by atoms with van der Waals surface area (Å²) >= 11 is 0. The number of amides is 1. The molecule has 0 aliphatic rings. The molecule has 2 rings (SSSR count). The molecule has 0 aliphatic carbocycles. The third kappa shape index (κ3) is 3.63. The minimum absolute atomic E-state index is 0.138. The van der Waals surface area contributed by atoms with Gasteiger partial charge in [-0.1, -0.05) is 13.8 Å². The molecular weight excluding hydrogens is 322 g/mol. The Morgan fingerprint density at radius 2 is 1.92 bits per heavy atom. The van der Waals surface area contributed by atoms with E-state index in [1.807, 2.05) is 6.92 Å². The van der Waals surface area contributed by atoms with Crippen LogP contribution in [0.25, 0.3) is 11.0 Å². The zero-order valence-corrected chi connectivity index (χ0v) is 15.3. The quantitative estimate of drug-likeness (QED) is 0.798. The molecule has 8 nitrogen and oxygen atoms in total. The molecule has 2 aromatic heterocycles. The molecule has 1 atom stereocenters. The molecule has 0 radical (unpaired) electrons. The number of rotatable bonds is 5. The number of hydrogen-bond donors (Lipinski definition) is 2. The van der Waals surface area contributed by atoms with E-state index in [4.69, 9.17) is 5.73 Å². The van der Waals surface area contributed by atoms with Crippen LogP contribution in [-0.2, 0) is 14.1 Å². The summed E-state index contributed by atoms with van der Waals surface area (Å²) in [7, 11) is 2.92. The number of pyridine rings is 1. The van der Waals surface area contributed by atoms with Crippen LogP contribution in [0.15, 0.2) is 21.7 Å². The Kier molecular flexibility index (Phi) is 5.12. The van der Waals surface area contributed by atoms with Crippen molar-refractivity contribution in [2.75, 3.05) is 6.54 Å². The average Bonchev–Trinajstić information content (AvgIpc) is 2.56. The summed E-state index contributed by atoms with van der Waals surface area (Å²) in [6, 6.07) is 3.00. The lowest BCUT2D eigenvalue weighted by molar-refractivity contribution is 0.0893. The summed E-state index contributed by atoms with van der Waals surface area (Å²) in [5, 5.41) is 3.20. The summed E-state index contributed by atoms with van der Waals surface area (Å²) < 4.78 is 2.27. The normalized spacial score (nSPS) is 13.9. The summed E-state index contributed by atoms with van der Waals surface area (Å²) in [6.07, 6.45) is 0.724. The monoisotopic (exact) mass is 347 g/mol. The first-order chi connectivity index (χ1) is 11.6. The van der Waals surface area contributed by atoms with Gasteiger partial charge in [-0.15, -0.1) is 0 Å². The minimum Gasteiger partial charge on any atom is -0.344 e. The second kappa shape index (κ2) is 6.79. The zero-order valence-electron chi connectivity index (χ0n) is 15.3. The molecule has 3 N–H and O–H groups in total. The first-order valence-electron chi connectivity index (χ1n) is 8.19. The topological polar surface area (TPSA) is 112 Å². The van der Waals surface area contributed by atoms with Gasteiger partial charge in [0.05, 0.1) is 10.9 Å². The van der Waals surface area contributed by atoms with Crippen LogP contribution >= 0.6 is 0 Å². The minimum atomic E-state index is -0.555. The first kappa shape index (κ1) is 18.9. The lowest BCUT2D eigenvalue weighted by Crippen LogP contribution is -2.52. The zero-order chi connectivity index (χ0) is 18.9. The van der Waals surface area contributed by atoms with E-state index in [9.17, 15) is 14.4 Å². The molecule has 2 heterocycles. The van der Waals surface area contributed by atoms with Crippen molar-refractivity contribution in [3.05, 3.63) is 38.7 Å². The molecule has 0 fully saturated rings. The number of hydrogen-bond acceptors (Lipinski definition) is 5. The third-order valence-corrected chi connectivity index (χ3v) is 4.26. The lowest BCUT2D eigenvalue weighted by Gasteiger charge is -2.31. The van der Waals surface area contributed by atoms with Crippen LogP contribution < -0.4 is 22.3 Å². The van der Waals surface area contributed by atoms with Gasteiger partial charge < -0.3 is 11.1 Å². The number of aromatic nitrogens is 3. The highest BCUT2D eigenvalue weighted by Crippen LogP contribution is 2.16. The van der Waals surface area contributed by atoms with Crippen LogP contribution in [0.2, 0.25) is 0 Å². The molecule has 1 amide bonds. The molecule has 0 saturated carbocycles. The smallest absolute Gasteiger partial charge is 0.332 e. The van der Waals surface area contributed by atoms with Crippen molar-refractivity contribution in [1.82, 2.24) is 19.4 Å². The molecule has 0 saturated heterocycles. The van der Waals surface area contributed by atoms with Crippen LogP contribution in [0.5, 0.6) is 0 Å². The molecule has 0 aliphatic heterocycles. The third-order valence-electron chi connectivity index (χ3n) is 4.26. The first-order valence-corrected chi connectivity index (χ1v) is 8.19. The summed E-state index contributed by atoms with van der Waals surface area (Å²) in [5.41, 5.74) is 4.66. The molecule has 8 heteroatoms. The van der Waals surface area contributed by atoms with Gasteiger partial charge in [-0.3, -0.25) is 18.7 Å². The van der Waals surface area contributed by atoms with Crippen molar-refractivity contribution in [3.63, 3.8) is 0 Å². The summed E-state index contributed by atoms with van der Waals surface area (Å²) in [5.74, 6) is -0.0223. The van der Waals surface area contributed by atoms with E-state index in [2.05, 4.69) is 24.1 Å². The fourth-order valence-corrected chi connectivity index (χ4v) is 3.01. The maximum absolute atomic E-state index is 12.6. The van der Waals surface area contributed by atoms with Crippen molar-refractivity contribution in [2.24, 2.45) is 25.7 Å². The number of nitrogens with one attached hydrogen (secondary N) is 1. The molecular formula is C17H25N5O3. The summed E-state index contributed by atoms with van der Waals surface area (Å²) in [4.78, 5) is 41.0. The highest BCUT2D eigenvalue weighted by Gasteiger charge is 2.27. The number of nitrogens with two attached hydrogens (primary N) is 1. The van der Waals surface area contributed by atoms with Gasteiger partial charge in [0.2, 0.25) is 0 Å². The predicted molar refractivity (Wildman–Crippen MR) is 96.6 cm³/mol. The molecule has 1 unspecified atom stereocenters. The Labute approximate surface area is 145 Å². The van der Waals surface area contributed by atoms with Crippen molar-refractivity contribution >= 4 is 16.9 Å². The average molecular weight is 347 g/mol. The fourth-order valence-electron chi connectivity index (χ4n) is 3.01. The lowest BCUT2D eigenvalue weighted by atomic mass is 9.90. The van der Waals surface area contributed by atoms with E-state index in [0.717, 1.165) is 11.0 Å². The van der Waals surface area contributed by atoms with Crippen molar-refractivity contribution in [3.8, 4) is 0 Å². The number of carbonyl (C=O) groups excluding carboxylic acids is 1. The Hall–Kier alpha value is -2.48. The van der Waals surface area contributed by atoms with Crippen molar-refractivity contribution in [1.29, 1.82) is 0 Å². The van der Waals surface area contributed by atoms with Crippen molar-refractivity contribution < 1.29 is 4.79 Å². The van der Waals surface area contributed by atoms with Gasteiger partial charge in [0.1, 0.15) is 11.3 Å². The molecule has 136 valence electrons. The van der Waals surface area contributed by atoms with E-state index >= 15 is 0 Å². The molecule has 0 aromatic carbocycles. The van der Waals surface area contributed by atoms with Crippen molar-refractivity contribution in [2.45, 2.75) is 32.7 Å². The van der Waals surface area contributed by atoms with Gasteiger partial charge in [0, 0.05) is 20.6 Å². The van der Waals surface area contributed by atoms with Gasteiger partial charge in [-0.2, -0.15) is 0 Å². The summed E-state index contributed by atoms with van der Waals surface area (Å²) in [6.45, 7) is 6.29. The second-order valence-corrected chi connectivity index (χ2v) is 7.09. The molecule has 2 aromatic rings. The number of carbonyl (C=O) groups is 1. The molecule has 25 heavy (non-hydrogen) atoms. The maximum atomic E-state index is 12.6. The van der Waals surface area contributed by atoms with Crippen LogP contribution in [-0.4, -0.2) is 32.1 Å².